The summed E-state index contributed by atoms with van der Waals surface area (Å²) in [6, 6.07) is 4.76. The standard InChI is InChI=1S/C15H19ClFN3/c1-15(2,3)20-10-12(9-19-20)8-18-7-11-4-5-14(17)13(16)6-11/h4-6,9-10,18H,7-8H2,1-3H3. The van der Waals surface area contributed by atoms with Crippen LogP contribution in [0, 0.1) is 5.82 Å². The quantitative estimate of drug-likeness (QED) is 0.931. The molecule has 0 fully saturated rings. The molecule has 0 atom stereocenters. The SMILES string of the molecule is CC(C)(C)n1cc(CNCc2ccc(F)c(Cl)c2)cn1. The van der Waals surface area contributed by atoms with Crippen LogP contribution >= 0.6 is 11.6 Å². The summed E-state index contributed by atoms with van der Waals surface area (Å²) in [6.45, 7) is 7.68. The van der Waals surface area contributed by atoms with E-state index >= 15 is 0 Å². The monoisotopic (exact) mass is 295 g/mol. The molecule has 5 heteroatoms. The molecular weight excluding hydrogens is 277 g/mol. The molecule has 0 saturated carbocycles. The number of aromatic nitrogens is 2. The molecule has 1 heterocycles. The molecular formula is C15H19ClFN3. The second-order valence-electron chi connectivity index (χ2n) is 5.82. The molecule has 0 spiro atoms. The molecule has 3 nitrogen and oxygen atoms in total. The molecule has 0 amide bonds. The van der Waals surface area contributed by atoms with Crippen molar-refractivity contribution in [3.63, 3.8) is 0 Å². The first kappa shape index (κ1) is 15.0. The normalized spacial score (nSPS) is 11.8. The summed E-state index contributed by atoms with van der Waals surface area (Å²) in [5.74, 6) is -0.387. The Kier molecular flexibility index (Phi) is 4.45. The molecule has 0 aliphatic rings. The molecule has 108 valence electrons. The third-order valence-corrected chi connectivity index (χ3v) is 3.26. The van der Waals surface area contributed by atoms with Gasteiger partial charge in [0.1, 0.15) is 5.82 Å². The fraction of sp³-hybridized carbons (Fsp3) is 0.400. The van der Waals surface area contributed by atoms with Crippen molar-refractivity contribution in [2.24, 2.45) is 0 Å². The Labute approximate surface area is 123 Å². The van der Waals surface area contributed by atoms with Gasteiger partial charge in [0.2, 0.25) is 0 Å². The zero-order valence-corrected chi connectivity index (χ0v) is 12.7. The van der Waals surface area contributed by atoms with Crippen LogP contribution in [0.3, 0.4) is 0 Å². The lowest BCUT2D eigenvalue weighted by atomic mass is 10.1. The van der Waals surface area contributed by atoms with Crippen molar-refractivity contribution in [3.8, 4) is 0 Å². The van der Waals surface area contributed by atoms with Crippen molar-refractivity contribution < 1.29 is 4.39 Å². The van der Waals surface area contributed by atoms with E-state index in [0.29, 0.717) is 13.1 Å². The molecule has 1 N–H and O–H groups in total. The van der Waals surface area contributed by atoms with Crippen LogP contribution in [0.25, 0.3) is 0 Å². The van der Waals surface area contributed by atoms with Crippen LogP contribution in [0.1, 0.15) is 31.9 Å². The van der Waals surface area contributed by atoms with E-state index in [1.807, 2.05) is 17.1 Å². The fourth-order valence-electron chi connectivity index (χ4n) is 1.82. The number of hydrogen-bond donors (Lipinski definition) is 1. The average molecular weight is 296 g/mol. The van der Waals surface area contributed by atoms with Crippen LogP contribution in [-0.4, -0.2) is 9.78 Å². The minimum Gasteiger partial charge on any atom is -0.309 e. The van der Waals surface area contributed by atoms with Gasteiger partial charge in [0, 0.05) is 24.8 Å². The van der Waals surface area contributed by atoms with Gasteiger partial charge in [-0.3, -0.25) is 4.68 Å². The largest absolute Gasteiger partial charge is 0.309 e. The Bertz CT molecular complexity index is 587. The zero-order chi connectivity index (χ0) is 14.8. The van der Waals surface area contributed by atoms with Crippen molar-refractivity contribution >= 4 is 11.6 Å². The van der Waals surface area contributed by atoms with Crippen molar-refractivity contribution in [2.45, 2.75) is 39.4 Å². The molecule has 0 saturated heterocycles. The van der Waals surface area contributed by atoms with E-state index in [4.69, 9.17) is 11.6 Å². The number of halogens is 2. The molecule has 0 radical (unpaired) electrons. The first-order valence-corrected chi connectivity index (χ1v) is 6.93. The van der Waals surface area contributed by atoms with Gasteiger partial charge in [-0.2, -0.15) is 5.10 Å². The van der Waals surface area contributed by atoms with Crippen LogP contribution in [0.5, 0.6) is 0 Å². The highest BCUT2D eigenvalue weighted by atomic mass is 35.5. The number of hydrogen-bond acceptors (Lipinski definition) is 2. The van der Waals surface area contributed by atoms with Crippen molar-refractivity contribution in [1.29, 1.82) is 0 Å². The molecule has 1 aromatic heterocycles. The molecule has 0 bridgehead atoms. The van der Waals surface area contributed by atoms with E-state index in [0.717, 1.165) is 11.1 Å². The van der Waals surface area contributed by atoms with E-state index in [9.17, 15) is 4.39 Å². The molecule has 20 heavy (non-hydrogen) atoms. The van der Waals surface area contributed by atoms with E-state index in [2.05, 4.69) is 31.2 Å². The summed E-state index contributed by atoms with van der Waals surface area (Å²) >= 11 is 5.75. The Hall–Kier alpha value is -1.39. The van der Waals surface area contributed by atoms with E-state index in [-0.39, 0.29) is 16.4 Å². The van der Waals surface area contributed by atoms with E-state index in [1.54, 1.807) is 12.1 Å². The van der Waals surface area contributed by atoms with Gasteiger partial charge in [0.15, 0.2) is 0 Å². The maximum absolute atomic E-state index is 13.0. The van der Waals surface area contributed by atoms with Crippen LogP contribution in [0.2, 0.25) is 5.02 Å². The summed E-state index contributed by atoms with van der Waals surface area (Å²) < 4.78 is 15.0. The lowest BCUT2D eigenvalue weighted by molar-refractivity contribution is 0.355. The molecule has 1 aromatic carbocycles. The predicted molar refractivity (Wildman–Crippen MR) is 79.2 cm³/mol. The zero-order valence-electron chi connectivity index (χ0n) is 12.0. The summed E-state index contributed by atoms with van der Waals surface area (Å²) in [5.41, 5.74) is 2.07. The smallest absolute Gasteiger partial charge is 0.141 e. The van der Waals surface area contributed by atoms with Gasteiger partial charge in [0.25, 0.3) is 0 Å². The van der Waals surface area contributed by atoms with Crippen LogP contribution in [0.4, 0.5) is 4.39 Å². The Morgan fingerprint density at radius 1 is 1.25 bits per heavy atom. The minimum absolute atomic E-state index is 0.0112. The Morgan fingerprint density at radius 3 is 2.55 bits per heavy atom. The number of nitrogens with zero attached hydrogens (tertiary/aromatic N) is 2. The maximum atomic E-state index is 13.0. The molecule has 0 unspecified atom stereocenters. The summed E-state index contributed by atoms with van der Waals surface area (Å²) in [6.07, 6.45) is 3.89. The van der Waals surface area contributed by atoms with Crippen molar-refractivity contribution in [2.75, 3.05) is 0 Å². The van der Waals surface area contributed by atoms with Crippen LogP contribution < -0.4 is 5.32 Å². The lowest BCUT2D eigenvalue weighted by Crippen LogP contribution is -2.22. The highest BCUT2D eigenvalue weighted by Gasteiger charge is 2.13. The highest BCUT2D eigenvalue weighted by Crippen LogP contribution is 2.16. The first-order valence-electron chi connectivity index (χ1n) is 6.55. The van der Waals surface area contributed by atoms with Gasteiger partial charge < -0.3 is 5.32 Å². The second-order valence-corrected chi connectivity index (χ2v) is 6.22. The van der Waals surface area contributed by atoms with E-state index < -0.39 is 0 Å². The summed E-state index contributed by atoms with van der Waals surface area (Å²) in [4.78, 5) is 0. The first-order chi connectivity index (χ1) is 9.36. The van der Waals surface area contributed by atoms with E-state index in [1.165, 1.54) is 6.07 Å². The average Bonchev–Trinajstić information content (AvgIpc) is 2.82. The third-order valence-electron chi connectivity index (χ3n) is 2.97. The Balaban J connectivity index is 1.89. The van der Waals surface area contributed by atoms with Crippen LogP contribution in [-0.2, 0) is 18.6 Å². The maximum Gasteiger partial charge on any atom is 0.141 e. The van der Waals surface area contributed by atoms with Gasteiger partial charge in [-0.05, 0) is 38.5 Å². The third kappa shape index (κ3) is 3.81. The van der Waals surface area contributed by atoms with Crippen LogP contribution in [0.15, 0.2) is 30.6 Å². The van der Waals surface area contributed by atoms with Gasteiger partial charge in [-0.15, -0.1) is 0 Å². The number of benzene rings is 1. The molecule has 0 aliphatic carbocycles. The van der Waals surface area contributed by atoms with Crippen molar-refractivity contribution in [1.82, 2.24) is 15.1 Å². The minimum atomic E-state index is -0.387. The fourth-order valence-corrected chi connectivity index (χ4v) is 2.02. The number of rotatable bonds is 4. The number of nitrogens with one attached hydrogen (secondary N) is 1. The molecule has 2 rings (SSSR count). The predicted octanol–water partition coefficient (Wildman–Crippen LogP) is 3.72. The second kappa shape index (κ2) is 5.94. The van der Waals surface area contributed by atoms with Crippen molar-refractivity contribution in [3.05, 3.63) is 52.6 Å². The Morgan fingerprint density at radius 2 is 1.95 bits per heavy atom. The topological polar surface area (TPSA) is 29.9 Å². The molecule has 0 aliphatic heterocycles. The van der Waals surface area contributed by atoms with Gasteiger partial charge in [-0.25, -0.2) is 4.39 Å². The van der Waals surface area contributed by atoms with Gasteiger partial charge in [0.05, 0.1) is 16.8 Å². The molecule has 2 aromatic rings. The van der Waals surface area contributed by atoms with Gasteiger partial charge in [-0.1, -0.05) is 17.7 Å². The summed E-state index contributed by atoms with van der Waals surface area (Å²) in [5, 5.41) is 7.80. The highest BCUT2D eigenvalue weighted by molar-refractivity contribution is 6.30. The summed E-state index contributed by atoms with van der Waals surface area (Å²) in [7, 11) is 0. The van der Waals surface area contributed by atoms with Gasteiger partial charge >= 0.3 is 0 Å². The lowest BCUT2D eigenvalue weighted by Gasteiger charge is -2.18.